The Labute approximate surface area is 212 Å². The average Bonchev–Trinajstić information content (AvgIpc) is 3.29. The van der Waals surface area contributed by atoms with Crippen LogP contribution in [-0.4, -0.2) is 57.1 Å². The smallest absolute Gasteiger partial charge is 0.340 e. The van der Waals surface area contributed by atoms with Gasteiger partial charge >= 0.3 is 5.97 Å². The molecule has 1 aliphatic heterocycles. The summed E-state index contributed by atoms with van der Waals surface area (Å²) in [7, 11) is -1.93. The number of ether oxygens (including phenoxy) is 1. The first-order valence-corrected chi connectivity index (χ1v) is 14.9. The Morgan fingerprint density at radius 1 is 1.03 bits per heavy atom. The molecule has 0 bridgehead atoms. The van der Waals surface area contributed by atoms with Crippen LogP contribution in [0.1, 0.15) is 55.8 Å². The first kappa shape index (κ1) is 25.9. The Bertz CT molecular complexity index is 1150. The molecule has 2 aromatic rings. The maximum atomic E-state index is 14.0. The number of hydrogen-bond acceptors (Lipinski definition) is 6. The number of sulfonamides is 1. The number of rotatable bonds is 6. The molecule has 0 unspecified atom stereocenters. The van der Waals surface area contributed by atoms with Gasteiger partial charge in [-0.3, -0.25) is 9.69 Å². The topological polar surface area (TPSA) is 84.0 Å². The van der Waals surface area contributed by atoms with Crippen LogP contribution in [0.4, 0.5) is 5.00 Å². The molecule has 1 aromatic heterocycles. The van der Waals surface area contributed by atoms with Crippen molar-refractivity contribution >= 4 is 38.2 Å². The standard InChI is InChI=1S/C26H34N2O5S2/c1-18-9-11-20(12-10-18)24(29)28(21-13-15-27(16-14-21)35(3,31)32)25-22(26(30)33-2)17-23(34-25)19-7-5-4-6-8-19/h4-8,17-18,20-21H,9-16H2,1-3H3. The van der Waals surface area contributed by atoms with Crippen LogP contribution in [0.5, 0.6) is 0 Å². The van der Waals surface area contributed by atoms with Gasteiger partial charge in [0.05, 0.1) is 18.9 Å². The number of hydrogen-bond donors (Lipinski definition) is 0. The largest absolute Gasteiger partial charge is 0.465 e. The zero-order valence-electron chi connectivity index (χ0n) is 20.6. The van der Waals surface area contributed by atoms with Crippen molar-refractivity contribution in [2.24, 2.45) is 11.8 Å². The Morgan fingerprint density at radius 3 is 2.23 bits per heavy atom. The number of carbonyl (C=O) groups is 2. The second kappa shape index (κ2) is 10.8. The van der Waals surface area contributed by atoms with Crippen LogP contribution < -0.4 is 4.90 Å². The molecule has 1 saturated heterocycles. The molecule has 0 atom stereocenters. The zero-order chi connectivity index (χ0) is 25.2. The summed E-state index contributed by atoms with van der Waals surface area (Å²) in [6, 6.07) is 11.4. The summed E-state index contributed by atoms with van der Waals surface area (Å²) < 4.78 is 30.7. The van der Waals surface area contributed by atoms with E-state index in [4.69, 9.17) is 4.74 Å². The molecule has 1 aromatic carbocycles. The lowest BCUT2D eigenvalue weighted by Gasteiger charge is -2.39. The minimum absolute atomic E-state index is 0.0429. The summed E-state index contributed by atoms with van der Waals surface area (Å²) in [4.78, 5) is 29.6. The number of thiophene rings is 1. The van der Waals surface area contributed by atoms with E-state index in [2.05, 4.69) is 6.92 Å². The van der Waals surface area contributed by atoms with Crippen LogP contribution in [0.2, 0.25) is 0 Å². The predicted octanol–water partition coefficient (Wildman–Crippen LogP) is 4.79. The normalized spacial score (nSPS) is 22.0. The van der Waals surface area contributed by atoms with E-state index in [0.717, 1.165) is 36.1 Å². The number of nitrogens with zero attached hydrogens (tertiary/aromatic N) is 2. The van der Waals surface area contributed by atoms with Gasteiger partial charge in [0.2, 0.25) is 15.9 Å². The van der Waals surface area contributed by atoms with Crippen molar-refractivity contribution < 1.29 is 22.7 Å². The van der Waals surface area contributed by atoms with E-state index in [9.17, 15) is 18.0 Å². The third-order valence-corrected chi connectivity index (χ3v) is 9.74. The Kier molecular flexibility index (Phi) is 7.98. The first-order chi connectivity index (χ1) is 16.7. The highest BCUT2D eigenvalue weighted by Crippen LogP contribution is 2.42. The van der Waals surface area contributed by atoms with Crippen molar-refractivity contribution in [1.29, 1.82) is 0 Å². The van der Waals surface area contributed by atoms with Gasteiger partial charge in [0.1, 0.15) is 5.00 Å². The monoisotopic (exact) mass is 518 g/mol. The van der Waals surface area contributed by atoms with Gasteiger partial charge in [-0.2, -0.15) is 0 Å². The highest BCUT2D eigenvalue weighted by Gasteiger charge is 2.38. The summed E-state index contributed by atoms with van der Waals surface area (Å²) >= 11 is 1.43. The van der Waals surface area contributed by atoms with Crippen molar-refractivity contribution in [1.82, 2.24) is 4.31 Å². The maximum Gasteiger partial charge on any atom is 0.340 e. The maximum absolute atomic E-state index is 14.0. The minimum Gasteiger partial charge on any atom is -0.465 e. The number of piperidine rings is 1. The van der Waals surface area contributed by atoms with E-state index < -0.39 is 16.0 Å². The lowest BCUT2D eigenvalue weighted by atomic mass is 9.82. The van der Waals surface area contributed by atoms with Crippen molar-refractivity contribution in [3.8, 4) is 10.4 Å². The van der Waals surface area contributed by atoms with Crippen LogP contribution in [0, 0.1) is 11.8 Å². The molecule has 0 spiro atoms. The molecule has 2 fully saturated rings. The molecule has 7 nitrogen and oxygen atoms in total. The van der Waals surface area contributed by atoms with E-state index >= 15 is 0 Å². The molecule has 35 heavy (non-hydrogen) atoms. The molecule has 2 heterocycles. The number of benzene rings is 1. The van der Waals surface area contributed by atoms with Crippen LogP contribution in [0.15, 0.2) is 36.4 Å². The van der Waals surface area contributed by atoms with Gasteiger partial charge in [-0.25, -0.2) is 17.5 Å². The second-order valence-electron chi connectivity index (χ2n) is 9.75. The highest BCUT2D eigenvalue weighted by molar-refractivity contribution is 7.88. The van der Waals surface area contributed by atoms with E-state index in [1.165, 1.54) is 29.0 Å². The first-order valence-electron chi connectivity index (χ1n) is 12.2. The van der Waals surface area contributed by atoms with Gasteiger partial charge in [0.25, 0.3) is 0 Å². The summed E-state index contributed by atoms with van der Waals surface area (Å²) in [6.45, 7) is 2.94. The molecule has 4 rings (SSSR count). The molecular weight excluding hydrogens is 484 g/mol. The third kappa shape index (κ3) is 5.78. The number of amides is 1. The number of carbonyl (C=O) groups excluding carboxylic acids is 2. The summed E-state index contributed by atoms with van der Waals surface area (Å²) in [5.74, 6) is 0.0952. The summed E-state index contributed by atoms with van der Waals surface area (Å²) in [5, 5.41) is 0.608. The summed E-state index contributed by atoms with van der Waals surface area (Å²) in [6.07, 6.45) is 5.98. The fraction of sp³-hybridized carbons (Fsp3) is 0.538. The molecule has 1 aliphatic carbocycles. The number of esters is 1. The van der Waals surface area contributed by atoms with E-state index in [1.54, 1.807) is 0 Å². The van der Waals surface area contributed by atoms with Crippen LogP contribution in [0.25, 0.3) is 10.4 Å². The van der Waals surface area contributed by atoms with Crippen molar-refractivity contribution in [3.05, 3.63) is 42.0 Å². The molecule has 1 amide bonds. The molecule has 9 heteroatoms. The van der Waals surface area contributed by atoms with Gasteiger partial charge in [-0.1, -0.05) is 37.3 Å². The van der Waals surface area contributed by atoms with E-state index in [0.29, 0.717) is 42.4 Å². The predicted molar refractivity (Wildman–Crippen MR) is 139 cm³/mol. The molecule has 0 N–H and O–H groups in total. The molecule has 0 radical (unpaired) electrons. The lowest BCUT2D eigenvalue weighted by Crippen LogP contribution is -2.50. The Morgan fingerprint density at radius 2 is 1.66 bits per heavy atom. The van der Waals surface area contributed by atoms with E-state index in [1.807, 2.05) is 41.3 Å². The van der Waals surface area contributed by atoms with Crippen molar-refractivity contribution in [2.75, 3.05) is 31.4 Å². The number of methoxy groups -OCH3 is 1. The van der Waals surface area contributed by atoms with Gasteiger partial charge in [0.15, 0.2) is 0 Å². The fourth-order valence-electron chi connectivity index (χ4n) is 5.14. The van der Waals surface area contributed by atoms with Gasteiger partial charge in [0, 0.05) is 29.9 Å². The van der Waals surface area contributed by atoms with Crippen molar-refractivity contribution in [3.63, 3.8) is 0 Å². The van der Waals surface area contributed by atoms with Crippen LogP contribution in [-0.2, 0) is 19.6 Å². The van der Waals surface area contributed by atoms with Crippen LogP contribution >= 0.6 is 11.3 Å². The zero-order valence-corrected chi connectivity index (χ0v) is 22.2. The summed E-state index contributed by atoms with van der Waals surface area (Å²) in [5.41, 5.74) is 1.36. The highest BCUT2D eigenvalue weighted by atomic mass is 32.2. The Hall–Kier alpha value is -2.23. The quantitative estimate of drug-likeness (QED) is 0.514. The lowest BCUT2D eigenvalue weighted by molar-refractivity contribution is -0.124. The minimum atomic E-state index is -3.29. The van der Waals surface area contributed by atoms with Crippen molar-refractivity contribution in [2.45, 2.75) is 51.5 Å². The van der Waals surface area contributed by atoms with Gasteiger partial charge < -0.3 is 4.74 Å². The van der Waals surface area contributed by atoms with Gasteiger partial charge in [-0.15, -0.1) is 11.3 Å². The molecule has 190 valence electrons. The van der Waals surface area contributed by atoms with Gasteiger partial charge in [-0.05, 0) is 56.1 Å². The average molecular weight is 519 g/mol. The second-order valence-corrected chi connectivity index (χ2v) is 12.8. The fourth-order valence-corrected chi connectivity index (χ4v) is 7.25. The Balaban J connectivity index is 1.73. The SMILES string of the molecule is COC(=O)c1cc(-c2ccccc2)sc1N(C(=O)C1CCC(C)CC1)C1CCN(S(C)(=O)=O)CC1. The third-order valence-electron chi connectivity index (χ3n) is 7.26. The number of anilines is 1. The van der Waals surface area contributed by atoms with E-state index in [-0.39, 0.29) is 17.9 Å². The van der Waals surface area contributed by atoms with Crippen LogP contribution in [0.3, 0.4) is 0 Å². The molecule has 2 aliphatic rings. The molecular formula is C26H34N2O5S2. The molecule has 1 saturated carbocycles.